The van der Waals surface area contributed by atoms with Crippen LogP contribution < -0.4 is 5.32 Å². The first kappa shape index (κ1) is 13.9. The van der Waals surface area contributed by atoms with Crippen molar-refractivity contribution in [1.29, 1.82) is 0 Å². The van der Waals surface area contributed by atoms with Crippen LogP contribution >= 0.6 is 11.6 Å². The predicted octanol–water partition coefficient (Wildman–Crippen LogP) is 2.61. The highest BCUT2D eigenvalue weighted by Gasteiger charge is 2.13. The number of halogens is 1. The van der Waals surface area contributed by atoms with E-state index >= 15 is 0 Å². The van der Waals surface area contributed by atoms with Crippen molar-refractivity contribution in [2.24, 2.45) is 0 Å². The number of aromatic nitrogens is 2. The summed E-state index contributed by atoms with van der Waals surface area (Å²) in [6.45, 7) is 6.15. The maximum atomic E-state index is 11.9. The number of benzene rings is 1. The smallest absolute Gasteiger partial charge is 0.240 e. The molecule has 0 radical (unpaired) electrons. The number of aryl methyl sites for hydroxylation is 1. The minimum absolute atomic E-state index is 0.0266. The fraction of sp³-hybridized carbons (Fsp3) is 0.429. The maximum Gasteiger partial charge on any atom is 0.240 e. The van der Waals surface area contributed by atoms with Crippen LogP contribution in [0.15, 0.2) is 18.2 Å². The average Bonchev–Trinajstić information content (AvgIpc) is 2.65. The van der Waals surface area contributed by atoms with Crippen LogP contribution in [0.3, 0.4) is 0 Å². The number of carbonyl (C=O) groups excluding carboxylic acids is 1. The summed E-state index contributed by atoms with van der Waals surface area (Å²) in [5, 5.41) is 2.88. The van der Waals surface area contributed by atoms with Crippen LogP contribution in [-0.2, 0) is 17.2 Å². The highest BCUT2D eigenvalue weighted by Crippen LogP contribution is 2.19. The summed E-state index contributed by atoms with van der Waals surface area (Å²) in [6, 6.07) is 6.13. The van der Waals surface area contributed by atoms with E-state index in [1.807, 2.05) is 43.5 Å². The first-order valence-corrected chi connectivity index (χ1v) is 6.86. The molecule has 4 nitrogen and oxygen atoms in total. The molecule has 1 aromatic carbocycles. The highest BCUT2D eigenvalue weighted by atomic mass is 35.5. The number of carbonyl (C=O) groups is 1. The average molecular weight is 280 g/mol. The van der Waals surface area contributed by atoms with Gasteiger partial charge in [0.1, 0.15) is 12.4 Å². The van der Waals surface area contributed by atoms with Gasteiger partial charge in [-0.15, -0.1) is 11.6 Å². The van der Waals surface area contributed by atoms with E-state index in [1.165, 1.54) is 0 Å². The molecule has 1 amide bonds. The Kier molecular flexibility index (Phi) is 4.10. The van der Waals surface area contributed by atoms with E-state index in [9.17, 15) is 4.79 Å². The fourth-order valence-corrected chi connectivity index (χ4v) is 2.28. The third-order valence-corrected chi connectivity index (χ3v) is 3.09. The van der Waals surface area contributed by atoms with E-state index in [0.29, 0.717) is 5.88 Å². The molecule has 0 saturated carbocycles. The lowest BCUT2D eigenvalue weighted by molar-refractivity contribution is -0.122. The molecule has 0 atom stereocenters. The van der Waals surface area contributed by atoms with E-state index in [2.05, 4.69) is 10.3 Å². The quantitative estimate of drug-likeness (QED) is 0.875. The van der Waals surface area contributed by atoms with Crippen LogP contribution in [0, 0.1) is 6.92 Å². The van der Waals surface area contributed by atoms with Gasteiger partial charge < -0.3 is 9.88 Å². The van der Waals surface area contributed by atoms with Crippen molar-refractivity contribution >= 4 is 28.5 Å². The molecule has 5 heteroatoms. The Hall–Kier alpha value is -1.55. The molecule has 0 bridgehead atoms. The maximum absolute atomic E-state index is 11.9. The number of amides is 1. The second-order valence-electron chi connectivity index (χ2n) is 4.96. The third-order valence-electron chi connectivity index (χ3n) is 2.85. The number of nitrogens with zero attached hydrogens (tertiary/aromatic N) is 2. The van der Waals surface area contributed by atoms with E-state index in [0.717, 1.165) is 22.4 Å². The van der Waals surface area contributed by atoms with Crippen molar-refractivity contribution in [2.75, 3.05) is 0 Å². The molecule has 0 saturated heterocycles. The number of nitrogens with one attached hydrogen (secondary N) is 1. The van der Waals surface area contributed by atoms with Crippen LogP contribution in [0.4, 0.5) is 0 Å². The lowest BCUT2D eigenvalue weighted by Gasteiger charge is -2.11. The first-order chi connectivity index (χ1) is 9.01. The topological polar surface area (TPSA) is 46.9 Å². The van der Waals surface area contributed by atoms with Gasteiger partial charge in [0.2, 0.25) is 5.91 Å². The molecule has 2 rings (SSSR count). The van der Waals surface area contributed by atoms with Gasteiger partial charge in [-0.1, -0.05) is 6.07 Å². The van der Waals surface area contributed by atoms with Crippen molar-refractivity contribution in [3.8, 4) is 0 Å². The van der Waals surface area contributed by atoms with Crippen LogP contribution in [0.25, 0.3) is 11.0 Å². The van der Waals surface area contributed by atoms with Gasteiger partial charge in [-0.25, -0.2) is 4.98 Å². The predicted molar refractivity (Wildman–Crippen MR) is 77.3 cm³/mol. The molecule has 0 spiro atoms. The normalized spacial score (nSPS) is 11.2. The van der Waals surface area contributed by atoms with Crippen molar-refractivity contribution in [2.45, 2.75) is 39.2 Å². The Morgan fingerprint density at radius 2 is 2.21 bits per heavy atom. The summed E-state index contributed by atoms with van der Waals surface area (Å²) >= 11 is 5.92. The lowest BCUT2D eigenvalue weighted by atomic mass is 10.2. The number of rotatable bonds is 4. The summed E-state index contributed by atoms with van der Waals surface area (Å²) in [4.78, 5) is 16.4. The van der Waals surface area contributed by atoms with Gasteiger partial charge >= 0.3 is 0 Å². The molecule has 0 aliphatic carbocycles. The molecule has 0 aliphatic heterocycles. The highest BCUT2D eigenvalue weighted by molar-refractivity contribution is 6.16. The van der Waals surface area contributed by atoms with Gasteiger partial charge in [-0.2, -0.15) is 0 Å². The SMILES string of the molecule is Cc1ccc2c(c1)nc(CCl)n2CC(=O)NC(C)C. The Balaban J connectivity index is 2.38. The summed E-state index contributed by atoms with van der Waals surface area (Å²) in [7, 11) is 0. The zero-order chi connectivity index (χ0) is 14.0. The van der Waals surface area contributed by atoms with Crippen molar-refractivity contribution < 1.29 is 4.79 Å². The van der Waals surface area contributed by atoms with Gasteiger partial charge in [-0.3, -0.25) is 4.79 Å². The first-order valence-electron chi connectivity index (χ1n) is 6.32. The molecule has 1 heterocycles. The summed E-state index contributed by atoms with van der Waals surface area (Å²) < 4.78 is 1.87. The molecule has 2 aromatic rings. The number of fused-ring (bicyclic) bond motifs is 1. The Labute approximate surface area is 117 Å². The van der Waals surface area contributed by atoms with Gasteiger partial charge in [0.15, 0.2) is 0 Å². The Morgan fingerprint density at radius 1 is 1.47 bits per heavy atom. The molecule has 0 unspecified atom stereocenters. The van der Waals surface area contributed by atoms with Crippen LogP contribution in [0.5, 0.6) is 0 Å². The van der Waals surface area contributed by atoms with E-state index in [-0.39, 0.29) is 18.5 Å². The standard InChI is InChI=1S/C14H18ClN3O/c1-9(2)16-14(19)8-18-12-5-4-10(3)6-11(12)17-13(18)7-15/h4-6,9H,7-8H2,1-3H3,(H,16,19). The number of alkyl halides is 1. The zero-order valence-corrected chi connectivity index (χ0v) is 12.2. The number of hydrogen-bond acceptors (Lipinski definition) is 2. The molecule has 0 fully saturated rings. The summed E-state index contributed by atoms with van der Waals surface area (Å²) in [5.74, 6) is 0.991. The fourth-order valence-electron chi connectivity index (χ4n) is 2.08. The summed E-state index contributed by atoms with van der Waals surface area (Å²) in [6.07, 6.45) is 0. The van der Waals surface area contributed by atoms with Gasteiger partial charge in [-0.05, 0) is 38.5 Å². The van der Waals surface area contributed by atoms with Crippen molar-refractivity contribution in [3.05, 3.63) is 29.6 Å². The third kappa shape index (κ3) is 3.07. The van der Waals surface area contributed by atoms with Crippen molar-refractivity contribution in [1.82, 2.24) is 14.9 Å². The van der Waals surface area contributed by atoms with Gasteiger partial charge in [0.05, 0.1) is 16.9 Å². The Bertz CT molecular complexity index is 604. The molecular weight excluding hydrogens is 262 g/mol. The van der Waals surface area contributed by atoms with Crippen LogP contribution in [0.1, 0.15) is 25.2 Å². The molecule has 1 N–H and O–H groups in total. The van der Waals surface area contributed by atoms with Gasteiger partial charge in [0.25, 0.3) is 0 Å². The van der Waals surface area contributed by atoms with E-state index in [1.54, 1.807) is 0 Å². The van der Waals surface area contributed by atoms with E-state index < -0.39 is 0 Å². The van der Waals surface area contributed by atoms with Gasteiger partial charge in [0, 0.05) is 6.04 Å². The molecule has 0 aliphatic rings. The minimum atomic E-state index is -0.0266. The van der Waals surface area contributed by atoms with Crippen molar-refractivity contribution in [3.63, 3.8) is 0 Å². The lowest BCUT2D eigenvalue weighted by Crippen LogP contribution is -2.33. The Morgan fingerprint density at radius 3 is 2.84 bits per heavy atom. The molecule has 102 valence electrons. The molecule has 19 heavy (non-hydrogen) atoms. The minimum Gasteiger partial charge on any atom is -0.352 e. The van der Waals surface area contributed by atoms with Crippen LogP contribution in [0.2, 0.25) is 0 Å². The molecule has 1 aromatic heterocycles. The second kappa shape index (κ2) is 5.61. The second-order valence-corrected chi connectivity index (χ2v) is 5.23. The number of hydrogen-bond donors (Lipinski definition) is 1. The van der Waals surface area contributed by atoms with Crippen LogP contribution in [-0.4, -0.2) is 21.5 Å². The largest absolute Gasteiger partial charge is 0.352 e. The molecular formula is C14H18ClN3O. The van der Waals surface area contributed by atoms with E-state index in [4.69, 9.17) is 11.6 Å². The monoisotopic (exact) mass is 279 g/mol. The summed E-state index contributed by atoms with van der Waals surface area (Å²) in [5.41, 5.74) is 2.97. The number of imidazole rings is 1. The zero-order valence-electron chi connectivity index (χ0n) is 11.4.